The molecule has 56 valence electrons. The fourth-order valence-corrected chi connectivity index (χ4v) is 0.0577. The van der Waals surface area contributed by atoms with E-state index in [-0.39, 0.29) is 13.2 Å². The van der Waals surface area contributed by atoms with Crippen LogP contribution in [-0.2, 0) is 11.6 Å². The maximum Gasteiger partial charge on any atom is 0.335 e. The molecular formula is C3H8O5S. The van der Waals surface area contributed by atoms with Crippen molar-refractivity contribution in [3.05, 3.63) is 0 Å². The van der Waals surface area contributed by atoms with Crippen LogP contribution in [0.25, 0.3) is 0 Å². The monoisotopic (exact) mass is 156 g/mol. The van der Waals surface area contributed by atoms with E-state index in [2.05, 4.69) is 0 Å². The zero-order valence-corrected chi connectivity index (χ0v) is 5.37. The van der Waals surface area contributed by atoms with Gasteiger partial charge >= 0.3 is 11.6 Å². The summed E-state index contributed by atoms with van der Waals surface area (Å²) in [6.45, 7) is -0.729. The second kappa shape index (κ2) is 10.6. The summed E-state index contributed by atoms with van der Waals surface area (Å²) in [6, 6.07) is 0. The lowest BCUT2D eigenvalue weighted by Crippen LogP contribution is -2.15. The van der Waals surface area contributed by atoms with Crippen molar-refractivity contribution < 1.29 is 23.7 Å². The van der Waals surface area contributed by atoms with Gasteiger partial charge in [0, 0.05) is 0 Å². The average Bonchev–Trinajstić information content (AvgIpc) is 1.88. The highest BCUT2D eigenvalue weighted by Gasteiger charge is 1.93. The molecule has 0 unspecified atom stereocenters. The van der Waals surface area contributed by atoms with E-state index in [1.807, 2.05) is 0 Å². The van der Waals surface area contributed by atoms with Crippen molar-refractivity contribution in [3.8, 4) is 0 Å². The summed E-state index contributed by atoms with van der Waals surface area (Å²) < 4.78 is 16.6. The Bertz CT molecular complexity index is 74.3. The van der Waals surface area contributed by atoms with Crippen molar-refractivity contribution in [1.82, 2.24) is 0 Å². The van der Waals surface area contributed by atoms with Crippen molar-refractivity contribution in [2.75, 3.05) is 13.2 Å². The summed E-state index contributed by atoms with van der Waals surface area (Å²) in [5.74, 6) is 0. The predicted octanol–water partition coefficient (Wildman–Crippen LogP) is -2.34. The highest BCUT2D eigenvalue weighted by molar-refractivity contribution is 7.51. The summed E-state index contributed by atoms with van der Waals surface area (Å²) in [5, 5.41) is 24.0. The highest BCUT2D eigenvalue weighted by atomic mass is 32.1. The van der Waals surface area contributed by atoms with Crippen LogP contribution < -0.4 is 0 Å². The van der Waals surface area contributed by atoms with E-state index in [9.17, 15) is 0 Å². The Morgan fingerprint density at radius 1 is 1.22 bits per heavy atom. The summed E-state index contributed by atoms with van der Waals surface area (Å²) >= 11 is -0.750. The molecule has 0 heterocycles. The second-order valence-corrected chi connectivity index (χ2v) is 1.22. The minimum atomic E-state index is -0.954. The van der Waals surface area contributed by atoms with Crippen molar-refractivity contribution >= 4 is 11.6 Å². The molecule has 0 aliphatic rings. The van der Waals surface area contributed by atoms with Crippen molar-refractivity contribution in [3.63, 3.8) is 0 Å². The van der Waals surface area contributed by atoms with Gasteiger partial charge in [0.25, 0.3) is 0 Å². The van der Waals surface area contributed by atoms with Gasteiger partial charge in [-0.1, -0.05) is 0 Å². The number of aliphatic hydroxyl groups is 3. The Balaban J connectivity index is 0. The number of hydrogen-bond acceptors (Lipinski definition) is 5. The Morgan fingerprint density at radius 2 is 1.44 bits per heavy atom. The fourth-order valence-electron chi connectivity index (χ4n) is 0.0577. The van der Waals surface area contributed by atoms with Crippen LogP contribution in [0.15, 0.2) is 0 Å². The maximum atomic E-state index is 8.29. The van der Waals surface area contributed by atoms with Crippen LogP contribution in [0.1, 0.15) is 0 Å². The minimum absolute atomic E-state index is 0.365. The lowest BCUT2D eigenvalue weighted by atomic mass is 10.4. The molecule has 0 rings (SSSR count). The zero-order chi connectivity index (χ0) is 7.70. The molecule has 0 aliphatic heterocycles. The number of rotatable bonds is 2. The molecule has 0 aromatic rings. The first-order chi connectivity index (χ1) is 4.22. The molecule has 0 saturated heterocycles. The Kier molecular flexibility index (Phi) is 13.6. The van der Waals surface area contributed by atoms with Gasteiger partial charge in [-0.3, -0.25) is 0 Å². The van der Waals surface area contributed by atoms with Crippen LogP contribution in [0.5, 0.6) is 0 Å². The standard InChI is InChI=1S/C3H8O3.O2S/c4-1-3(6)2-5;1-3-2/h3-6H,1-2H2;. The van der Waals surface area contributed by atoms with Gasteiger partial charge in [0.05, 0.1) is 13.2 Å². The Labute approximate surface area is 55.5 Å². The molecule has 9 heavy (non-hydrogen) atoms. The second-order valence-electron chi connectivity index (χ2n) is 1.09. The van der Waals surface area contributed by atoms with Crippen LogP contribution in [0.3, 0.4) is 0 Å². The molecule has 0 aromatic heterocycles. The summed E-state index contributed by atoms with van der Waals surface area (Å²) in [6.07, 6.45) is -0.954. The van der Waals surface area contributed by atoms with Gasteiger partial charge in [0.2, 0.25) is 0 Å². The van der Waals surface area contributed by atoms with Crippen molar-refractivity contribution in [2.45, 2.75) is 6.10 Å². The Morgan fingerprint density at radius 3 is 1.44 bits per heavy atom. The topological polar surface area (TPSA) is 94.8 Å². The van der Waals surface area contributed by atoms with E-state index in [0.29, 0.717) is 0 Å². The predicted molar refractivity (Wildman–Crippen MR) is 29.1 cm³/mol. The maximum absolute atomic E-state index is 8.29. The van der Waals surface area contributed by atoms with Gasteiger partial charge in [-0.15, -0.1) is 0 Å². The summed E-state index contributed by atoms with van der Waals surface area (Å²) in [4.78, 5) is 0. The van der Waals surface area contributed by atoms with E-state index in [1.54, 1.807) is 0 Å². The van der Waals surface area contributed by atoms with E-state index in [0.717, 1.165) is 0 Å². The van der Waals surface area contributed by atoms with Crippen LogP contribution in [-0.4, -0.2) is 43.1 Å². The first-order valence-corrected chi connectivity index (χ1v) is 2.71. The minimum Gasteiger partial charge on any atom is -0.394 e. The SMILES string of the molecule is O=S=O.OCC(O)CO. The molecule has 0 saturated carbocycles. The number of hydrogen-bond donors (Lipinski definition) is 3. The van der Waals surface area contributed by atoms with Crippen molar-refractivity contribution in [1.29, 1.82) is 0 Å². The fraction of sp³-hybridized carbons (Fsp3) is 1.00. The molecule has 0 radical (unpaired) electrons. The molecule has 6 heteroatoms. The number of aliphatic hydroxyl groups excluding tert-OH is 3. The third kappa shape index (κ3) is 18.3. The molecule has 0 atom stereocenters. The largest absolute Gasteiger partial charge is 0.394 e. The molecule has 0 bridgehead atoms. The van der Waals surface area contributed by atoms with Crippen LogP contribution >= 0.6 is 0 Å². The molecule has 3 N–H and O–H groups in total. The van der Waals surface area contributed by atoms with Crippen LogP contribution in [0.4, 0.5) is 0 Å². The van der Waals surface area contributed by atoms with Crippen LogP contribution in [0.2, 0.25) is 0 Å². The third-order valence-electron chi connectivity index (χ3n) is 0.421. The lowest BCUT2D eigenvalue weighted by molar-refractivity contribution is 0.0450. The van der Waals surface area contributed by atoms with Gasteiger partial charge in [-0.25, -0.2) is 0 Å². The average molecular weight is 156 g/mol. The smallest absolute Gasteiger partial charge is 0.335 e. The molecule has 0 amide bonds. The Hall–Kier alpha value is -0.300. The third-order valence-corrected chi connectivity index (χ3v) is 0.421. The quantitative estimate of drug-likeness (QED) is 0.416. The van der Waals surface area contributed by atoms with E-state index in [1.165, 1.54) is 0 Å². The summed E-state index contributed by atoms with van der Waals surface area (Å²) in [5.41, 5.74) is 0. The van der Waals surface area contributed by atoms with Gasteiger partial charge in [0.15, 0.2) is 0 Å². The lowest BCUT2D eigenvalue weighted by Gasteiger charge is -1.96. The first kappa shape index (κ1) is 11.5. The van der Waals surface area contributed by atoms with E-state index < -0.39 is 17.7 Å². The van der Waals surface area contributed by atoms with Gasteiger partial charge < -0.3 is 15.3 Å². The van der Waals surface area contributed by atoms with E-state index >= 15 is 0 Å². The molecule has 0 aromatic carbocycles. The van der Waals surface area contributed by atoms with Crippen LogP contribution in [0, 0.1) is 0 Å². The van der Waals surface area contributed by atoms with Crippen molar-refractivity contribution in [2.24, 2.45) is 0 Å². The molecule has 0 fully saturated rings. The molecule has 5 nitrogen and oxygen atoms in total. The van der Waals surface area contributed by atoms with Gasteiger partial charge in [-0.05, 0) is 0 Å². The molecule has 0 aliphatic carbocycles. The normalized spacial score (nSPS) is 8.00. The first-order valence-electron chi connectivity index (χ1n) is 2.04. The summed E-state index contributed by atoms with van der Waals surface area (Å²) in [7, 11) is 0. The van der Waals surface area contributed by atoms with E-state index in [4.69, 9.17) is 23.7 Å². The highest BCUT2D eigenvalue weighted by Crippen LogP contribution is 1.71. The zero-order valence-electron chi connectivity index (χ0n) is 4.56. The molecule has 0 spiro atoms. The molecular weight excluding hydrogens is 148 g/mol. The van der Waals surface area contributed by atoms with Gasteiger partial charge in [0.1, 0.15) is 6.10 Å². The van der Waals surface area contributed by atoms with Gasteiger partial charge in [-0.2, -0.15) is 8.42 Å².